The van der Waals surface area contributed by atoms with Crippen molar-refractivity contribution < 1.29 is 51.5 Å². The standard InChI is InChI=1S/C18H20O5S.Na/c1-18-9-8-14-13-5-3-12(23-24(20,21)22)10-11(13)2-4-15(14)16(18)6-7-17(18)19;/h3-5,10,14,16H,2,6-9H2,1H3,(H,20,21,22);/q;+1/p-1/t14?,16?,18-;/m0./s1. The quantitative estimate of drug-likeness (QED) is 0.314. The van der Waals surface area contributed by atoms with Crippen molar-refractivity contribution in [3.63, 3.8) is 0 Å². The Morgan fingerprint density at radius 3 is 2.76 bits per heavy atom. The molecule has 7 heteroatoms. The first-order valence-corrected chi connectivity index (χ1v) is 9.63. The van der Waals surface area contributed by atoms with Crippen molar-refractivity contribution in [3.8, 4) is 5.75 Å². The van der Waals surface area contributed by atoms with Gasteiger partial charge in [0.05, 0.1) is 0 Å². The molecule has 0 bridgehead atoms. The summed E-state index contributed by atoms with van der Waals surface area (Å²) in [6.45, 7) is 2.11. The number of fused-ring (bicyclic) bond motifs is 5. The third-order valence-corrected chi connectivity index (χ3v) is 6.47. The van der Waals surface area contributed by atoms with Gasteiger partial charge in [0.2, 0.25) is 0 Å². The van der Waals surface area contributed by atoms with Gasteiger partial charge in [0, 0.05) is 17.8 Å². The number of rotatable bonds is 2. The van der Waals surface area contributed by atoms with Crippen molar-refractivity contribution >= 4 is 16.2 Å². The first kappa shape index (κ1) is 19.1. The molecule has 0 saturated heterocycles. The van der Waals surface area contributed by atoms with Crippen LogP contribution in [-0.4, -0.2) is 18.8 Å². The topological polar surface area (TPSA) is 83.5 Å². The molecular formula is C18H19NaO5S. The van der Waals surface area contributed by atoms with Crippen LogP contribution in [0.1, 0.15) is 49.7 Å². The smallest absolute Gasteiger partial charge is 0.716 e. The van der Waals surface area contributed by atoms with Gasteiger partial charge in [0.25, 0.3) is 10.4 Å². The molecule has 0 aromatic heterocycles. The van der Waals surface area contributed by atoms with Gasteiger partial charge in [-0.1, -0.05) is 24.6 Å². The SMILES string of the molecule is C[C@]12CCC3C(=CCc4cc(OS(=O)(=O)[O-])ccc43)C1CCC2=O.[Na+]. The molecule has 1 aromatic carbocycles. The Balaban J connectivity index is 0.00000182. The van der Waals surface area contributed by atoms with Crippen molar-refractivity contribution in [2.75, 3.05) is 0 Å². The molecule has 3 aliphatic carbocycles. The number of hydrogen-bond acceptors (Lipinski definition) is 5. The normalized spacial score (nSPS) is 30.5. The molecule has 2 unspecified atom stereocenters. The van der Waals surface area contributed by atoms with Gasteiger partial charge in [-0.2, -0.15) is 0 Å². The van der Waals surface area contributed by atoms with Crippen molar-refractivity contribution in [3.05, 3.63) is 41.0 Å². The summed E-state index contributed by atoms with van der Waals surface area (Å²) in [5, 5.41) is 0. The van der Waals surface area contributed by atoms with Crippen LogP contribution in [0.15, 0.2) is 29.8 Å². The van der Waals surface area contributed by atoms with Crippen LogP contribution in [0.5, 0.6) is 5.75 Å². The number of ketones is 1. The van der Waals surface area contributed by atoms with Crippen LogP contribution in [0.25, 0.3) is 0 Å². The number of benzene rings is 1. The van der Waals surface area contributed by atoms with Crippen molar-refractivity contribution in [2.24, 2.45) is 11.3 Å². The van der Waals surface area contributed by atoms with Crippen molar-refractivity contribution in [2.45, 2.75) is 44.9 Å². The van der Waals surface area contributed by atoms with Crippen LogP contribution >= 0.6 is 0 Å². The summed E-state index contributed by atoms with van der Waals surface area (Å²) in [7, 11) is -4.76. The first-order chi connectivity index (χ1) is 11.3. The fourth-order valence-corrected chi connectivity index (χ4v) is 5.23. The molecular weight excluding hydrogens is 351 g/mol. The van der Waals surface area contributed by atoms with Crippen LogP contribution in [0.4, 0.5) is 0 Å². The molecule has 0 amide bonds. The summed E-state index contributed by atoms with van der Waals surface area (Å²) in [5.74, 6) is 1.07. The van der Waals surface area contributed by atoms with Crippen LogP contribution in [0.2, 0.25) is 0 Å². The van der Waals surface area contributed by atoms with E-state index in [2.05, 4.69) is 17.2 Å². The predicted molar refractivity (Wildman–Crippen MR) is 86.4 cm³/mol. The average molecular weight is 370 g/mol. The summed E-state index contributed by atoms with van der Waals surface area (Å²) < 4.78 is 36.8. The summed E-state index contributed by atoms with van der Waals surface area (Å²) in [5.41, 5.74) is 3.33. The second-order valence-corrected chi connectivity index (χ2v) is 8.27. The van der Waals surface area contributed by atoms with Gasteiger partial charge in [-0.15, -0.1) is 0 Å². The van der Waals surface area contributed by atoms with E-state index in [0.29, 0.717) is 24.5 Å². The third-order valence-electron chi connectivity index (χ3n) is 6.07. The van der Waals surface area contributed by atoms with Gasteiger partial charge in [-0.05, 0) is 54.9 Å². The van der Waals surface area contributed by atoms with E-state index in [1.807, 2.05) is 6.07 Å². The van der Waals surface area contributed by atoms with E-state index in [9.17, 15) is 17.8 Å². The Hall–Kier alpha value is -0.660. The van der Waals surface area contributed by atoms with Gasteiger partial charge in [-0.3, -0.25) is 4.79 Å². The predicted octanol–water partition coefficient (Wildman–Crippen LogP) is -0.125. The Labute approximate surface area is 170 Å². The van der Waals surface area contributed by atoms with Crippen LogP contribution < -0.4 is 33.7 Å². The molecule has 0 radical (unpaired) electrons. The third kappa shape index (κ3) is 3.23. The minimum absolute atomic E-state index is 0. The second kappa shape index (κ2) is 6.50. The van der Waals surface area contributed by atoms with Crippen LogP contribution in [0.3, 0.4) is 0 Å². The molecule has 5 nitrogen and oxygen atoms in total. The second-order valence-electron chi connectivity index (χ2n) is 7.28. The monoisotopic (exact) mass is 370 g/mol. The number of carbonyl (C=O) groups is 1. The van der Waals surface area contributed by atoms with E-state index in [1.54, 1.807) is 12.1 Å². The van der Waals surface area contributed by atoms with E-state index >= 15 is 0 Å². The van der Waals surface area contributed by atoms with Crippen LogP contribution in [-0.2, 0) is 21.6 Å². The zero-order chi connectivity index (χ0) is 17.1. The Bertz CT molecular complexity index is 860. The van der Waals surface area contributed by atoms with Crippen molar-refractivity contribution in [1.82, 2.24) is 0 Å². The molecule has 0 aliphatic heterocycles. The molecule has 1 aromatic rings. The summed E-state index contributed by atoms with van der Waals surface area (Å²) in [4.78, 5) is 12.3. The Morgan fingerprint density at radius 2 is 2.04 bits per heavy atom. The zero-order valence-corrected chi connectivity index (χ0v) is 17.3. The maximum absolute atomic E-state index is 12.3. The Morgan fingerprint density at radius 1 is 1.28 bits per heavy atom. The van der Waals surface area contributed by atoms with E-state index < -0.39 is 10.4 Å². The first-order valence-electron chi connectivity index (χ1n) is 8.29. The zero-order valence-electron chi connectivity index (χ0n) is 14.4. The van der Waals surface area contributed by atoms with Gasteiger partial charge in [0.1, 0.15) is 11.5 Å². The molecule has 0 heterocycles. The van der Waals surface area contributed by atoms with Crippen LogP contribution in [0, 0.1) is 11.3 Å². The molecule has 0 N–H and O–H groups in total. The number of carbonyl (C=O) groups excluding carboxylic acids is 1. The summed E-state index contributed by atoms with van der Waals surface area (Å²) >= 11 is 0. The molecule has 3 atom stereocenters. The maximum Gasteiger partial charge on any atom is 1.00 e. The van der Waals surface area contributed by atoms with Gasteiger partial charge in [-0.25, -0.2) is 8.42 Å². The van der Waals surface area contributed by atoms with E-state index in [4.69, 9.17) is 0 Å². The molecule has 128 valence electrons. The average Bonchev–Trinajstić information content (AvgIpc) is 2.81. The molecule has 3 aliphatic rings. The van der Waals surface area contributed by atoms with Gasteiger partial charge in [0.15, 0.2) is 0 Å². The summed E-state index contributed by atoms with van der Waals surface area (Å²) in [6, 6.07) is 5.06. The largest absolute Gasteiger partial charge is 1.00 e. The molecule has 0 spiro atoms. The molecule has 4 rings (SSSR count). The van der Waals surface area contributed by atoms with Gasteiger partial charge >= 0.3 is 29.6 Å². The molecule has 25 heavy (non-hydrogen) atoms. The minimum atomic E-state index is -4.76. The number of allylic oxidation sites excluding steroid dienone is 2. The van der Waals surface area contributed by atoms with E-state index in [-0.39, 0.29) is 46.6 Å². The summed E-state index contributed by atoms with van der Waals surface area (Å²) in [6.07, 6.45) is 6.30. The Kier molecular flexibility index (Phi) is 4.97. The van der Waals surface area contributed by atoms with Gasteiger partial charge < -0.3 is 8.74 Å². The molecule has 2 saturated carbocycles. The molecule has 2 fully saturated rings. The van der Waals surface area contributed by atoms with E-state index in [1.165, 1.54) is 11.1 Å². The minimum Gasteiger partial charge on any atom is -0.716 e. The fourth-order valence-electron chi connectivity index (χ4n) is 4.89. The fraction of sp³-hybridized carbons (Fsp3) is 0.500. The van der Waals surface area contributed by atoms with E-state index in [0.717, 1.165) is 24.8 Å². The maximum atomic E-state index is 12.3. The number of hydrogen-bond donors (Lipinski definition) is 0. The number of Topliss-reactive ketones (excluding diaryl/α,β-unsaturated/α-hetero) is 1. The van der Waals surface area contributed by atoms with Crippen molar-refractivity contribution in [1.29, 1.82) is 0 Å².